The molecule has 1 aromatic rings. The number of unbranched alkanes of at least 4 members (excludes halogenated alkanes) is 2. The molecule has 0 saturated carbocycles. The molecule has 108 valence electrons. The normalized spacial score (nSPS) is 10.1. The monoisotopic (exact) mass is 279 g/mol. The van der Waals surface area contributed by atoms with Crippen molar-refractivity contribution < 1.29 is 13.9 Å². The second-order valence-electron chi connectivity index (χ2n) is 4.30. The molecule has 0 heterocycles. The van der Waals surface area contributed by atoms with Crippen LogP contribution in [0.25, 0.3) is 0 Å². The molecule has 0 fully saturated rings. The van der Waals surface area contributed by atoms with Crippen molar-refractivity contribution in [2.24, 2.45) is 0 Å². The van der Waals surface area contributed by atoms with Gasteiger partial charge in [0.1, 0.15) is 24.1 Å². The lowest BCUT2D eigenvalue weighted by Crippen LogP contribution is -2.19. The molecule has 0 spiro atoms. The number of nitrogens with zero attached hydrogens (tertiary/aromatic N) is 1. The molecule has 3 N–H and O–H groups in total. The molecular formula is C14H18FN3O2. The molecule has 1 rings (SSSR count). The van der Waals surface area contributed by atoms with Crippen LogP contribution in [-0.2, 0) is 9.53 Å². The van der Waals surface area contributed by atoms with Crippen molar-refractivity contribution in [3.05, 3.63) is 23.5 Å². The van der Waals surface area contributed by atoms with Crippen molar-refractivity contribution >= 4 is 17.3 Å². The van der Waals surface area contributed by atoms with Crippen LogP contribution in [0.3, 0.4) is 0 Å². The molecule has 0 radical (unpaired) electrons. The molecule has 1 aromatic carbocycles. The average molecular weight is 279 g/mol. The van der Waals surface area contributed by atoms with Gasteiger partial charge in [-0.3, -0.25) is 4.79 Å². The summed E-state index contributed by atoms with van der Waals surface area (Å²) in [6.07, 6.45) is 3.04. The van der Waals surface area contributed by atoms with Gasteiger partial charge in [-0.1, -0.05) is 19.8 Å². The highest BCUT2D eigenvalue weighted by Crippen LogP contribution is 2.24. The van der Waals surface area contributed by atoms with E-state index in [-0.39, 0.29) is 29.5 Å². The molecule has 6 heteroatoms. The maximum atomic E-state index is 13.2. The third-order valence-electron chi connectivity index (χ3n) is 2.71. The second kappa shape index (κ2) is 8.12. The summed E-state index contributed by atoms with van der Waals surface area (Å²) in [6, 6.07) is 4.07. The molecule has 0 atom stereocenters. The summed E-state index contributed by atoms with van der Waals surface area (Å²) in [5.41, 5.74) is 5.48. The van der Waals surface area contributed by atoms with Crippen molar-refractivity contribution in [2.75, 3.05) is 24.3 Å². The van der Waals surface area contributed by atoms with Crippen LogP contribution in [0.5, 0.6) is 0 Å². The average Bonchev–Trinajstić information content (AvgIpc) is 2.42. The number of anilines is 2. The van der Waals surface area contributed by atoms with Gasteiger partial charge in [0.25, 0.3) is 0 Å². The lowest BCUT2D eigenvalue weighted by Gasteiger charge is -2.10. The minimum absolute atomic E-state index is 0.0770. The van der Waals surface area contributed by atoms with Gasteiger partial charge >= 0.3 is 0 Å². The molecule has 0 aliphatic rings. The van der Waals surface area contributed by atoms with Crippen LogP contribution in [-0.4, -0.2) is 19.1 Å². The lowest BCUT2D eigenvalue weighted by atomic mass is 10.1. The van der Waals surface area contributed by atoms with Gasteiger partial charge in [-0.15, -0.1) is 0 Å². The first-order chi connectivity index (χ1) is 9.60. The highest BCUT2D eigenvalue weighted by molar-refractivity contribution is 5.95. The van der Waals surface area contributed by atoms with Gasteiger partial charge in [0, 0.05) is 6.61 Å². The quantitative estimate of drug-likeness (QED) is 0.592. The topological polar surface area (TPSA) is 88.1 Å². The van der Waals surface area contributed by atoms with Crippen molar-refractivity contribution in [1.29, 1.82) is 5.26 Å². The first-order valence-electron chi connectivity index (χ1n) is 6.45. The Morgan fingerprint density at radius 1 is 1.50 bits per heavy atom. The fourth-order valence-corrected chi connectivity index (χ4v) is 1.62. The number of ether oxygens (including phenoxy) is 1. The SMILES string of the molecule is CCCCCOCC(=O)Nc1ccc(F)c(C#N)c1N. The number of halogens is 1. The zero-order valence-corrected chi connectivity index (χ0v) is 11.4. The van der Waals surface area contributed by atoms with Crippen LogP contribution >= 0.6 is 0 Å². The van der Waals surface area contributed by atoms with Crippen molar-refractivity contribution in [3.8, 4) is 6.07 Å². The lowest BCUT2D eigenvalue weighted by molar-refractivity contribution is -0.120. The number of carbonyl (C=O) groups excluding carboxylic acids is 1. The van der Waals surface area contributed by atoms with E-state index in [2.05, 4.69) is 12.2 Å². The maximum absolute atomic E-state index is 13.2. The van der Waals surface area contributed by atoms with Gasteiger partial charge in [0.15, 0.2) is 0 Å². The van der Waals surface area contributed by atoms with Gasteiger partial charge < -0.3 is 15.8 Å². The number of nitriles is 1. The molecule has 0 unspecified atom stereocenters. The number of hydrogen-bond donors (Lipinski definition) is 2. The van der Waals surface area contributed by atoms with E-state index in [1.54, 1.807) is 6.07 Å². The molecule has 1 amide bonds. The van der Waals surface area contributed by atoms with E-state index in [1.807, 2.05) is 0 Å². The highest BCUT2D eigenvalue weighted by Gasteiger charge is 2.12. The molecule has 20 heavy (non-hydrogen) atoms. The first kappa shape index (κ1) is 15.9. The number of nitrogens with one attached hydrogen (secondary N) is 1. The minimum Gasteiger partial charge on any atom is -0.396 e. The predicted octanol–water partition coefficient (Wildman–Crippen LogP) is 2.42. The zero-order chi connectivity index (χ0) is 15.0. The third kappa shape index (κ3) is 4.52. The minimum atomic E-state index is -0.709. The number of nitrogen functional groups attached to an aromatic ring is 1. The Morgan fingerprint density at radius 2 is 2.25 bits per heavy atom. The summed E-state index contributed by atoms with van der Waals surface area (Å²) in [4.78, 5) is 11.6. The fourth-order valence-electron chi connectivity index (χ4n) is 1.62. The molecular weight excluding hydrogens is 261 g/mol. The number of amides is 1. The summed E-state index contributed by atoms with van der Waals surface area (Å²) in [5, 5.41) is 11.3. The maximum Gasteiger partial charge on any atom is 0.250 e. The van der Waals surface area contributed by atoms with Gasteiger partial charge in [-0.2, -0.15) is 5.26 Å². The van der Waals surface area contributed by atoms with Gasteiger partial charge in [0.05, 0.1) is 11.4 Å². The Morgan fingerprint density at radius 3 is 2.90 bits per heavy atom. The number of carbonyl (C=O) groups is 1. The molecule has 0 aliphatic heterocycles. The van der Waals surface area contributed by atoms with Gasteiger partial charge in [-0.05, 0) is 18.6 Å². The number of rotatable bonds is 7. The smallest absolute Gasteiger partial charge is 0.250 e. The van der Waals surface area contributed by atoms with Gasteiger partial charge in [0.2, 0.25) is 5.91 Å². The number of nitrogens with two attached hydrogens (primary N) is 1. The van der Waals surface area contributed by atoms with E-state index in [1.165, 1.54) is 6.07 Å². The Balaban J connectivity index is 2.53. The summed E-state index contributed by atoms with van der Waals surface area (Å²) >= 11 is 0. The van der Waals surface area contributed by atoms with E-state index in [9.17, 15) is 9.18 Å². The van der Waals surface area contributed by atoms with Crippen molar-refractivity contribution in [1.82, 2.24) is 0 Å². The largest absolute Gasteiger partial charge is 0.396 e. The molecule has 0 saturated heterocycles. The third-order valence-corrected chi connectivity index (χ3v) is 2.71. The zero-order valence-electron chi connectivity index (χ0n) is 11.4. The Bertz CT molecular complexity index is 512. The standard InChI is InChI=1S/C14H18FN3O2/c1-2-3-4-7-20-9-13(19)18-12-6-5-11(15)10(8-16)14(12)17/h5-6H,2-4,7,9,17H2,1H3,(H,18,19). The van der Waals surface area contributed by atoms with Crippen LogP contribution in [0.2, 0.25) is 0 Å². The highest BCUT2D eigenvalue weighted by atomic mass is 19.1. The van der Waals surface area contributed by atoms with E-state index in [0.29, 0.717) is 6.61 Å². The van der Waals surface area contributed by atoms with E-state index >= 15 is 0 Å². The summed E-state index contributed by atoms with van der Waals surface area (Å²) in [7, 11) is 0. The summed E-state index contributed by atoms with van der Waals surface area (Å²) in [6.45, 7) is 2.50. The van der Waals surface area contributed by atoms with Gasteiger partial charge in [-0.25, -0.2) is 4.39 Å². The first-order valence-corrected chi connectivity index (χ1v) is 6.45. The van der Waals surface area contributed by atoms with E-state index in [4.69, 9.17) is 15.7 Å². The number of benzene rings is 1. The predicted molar refractivity (Wildman–Crippen MR) is 74.5 cm³/mol. The molecule has 0 aromatic heterocycles. The summed E-state index contributed by atoms with van der Waals surface area (Å²) in [5.74, 6) is -1.09. The molecule has 0 bridgehead atoms. The Labute approximate surface area is 117 Å². The molecule has 5 nitrogen and oxygen atoms in total. The van der Waals surface area contributed by atoms with Crippen LogP contribution < -0.4 is 11.1 Å². The van der Waals surface area contributed by atoms with E-state index < -0.39 is 5.82 Å². The Hall–Kier alpha value is -2.13. The van der Waals surface area contributed by atoms with Crippen LogP contribution in [0, 0.1) is 17.1 Å². The summed E-state index contributed by atoms with van der Waals surface area (Å²) < 4.78 is 18.4. The van der Waals surface area contributed by atoms with E-state index in [0.717, 1.165) is 25.3 Å². The van der Waals surface area contributed by atoms with Crippen molar-refractivity contribution in [3.63, 3.8) is 0 Å². The molecule has 0 aliphatic carbocycles. The van der Waals surface area contributed by atoms with Crippen molar-refractivity contribution in [2.45, 2.75) is 26.2 Å². The Kier molecular flexibility index (Phi) is 6.47. The fraction of sp³-hybridized carbons (Fsp3) is 0.429. The van der Waals surface area contributed by atoms with Crippen LogP contribution in [0.4, 0.5) is 15.8 Å². The second-order valence-corrected chi connectivity index (χ2v) is 4.30. The van der Waals surface area contributed by atoms with Crippen LogP contribution in [0.15, 0.2) is 12.1 Å². The van der Waals surface area contributed by atoms with Crippen LogP contribution in [0.1, 0.15) is 31.7 Å². The number of hydrogen-bond acceptors (Lipinski definition) is 4.